The lowest BCUT2D eigenvalue weighted by atomic mass is 9.96. The Bertz CT molecular complexity index is 869. The van der Waals surface area contributed by atoms with Crippen LogP contribution in [0.5, 0.6) is 0 Å². The van der Waals surface area contributed by atoms with Crippen molar-refractivity contribution in [2.45, 2.75) is 10.7 Å². The maximum Gasteiger partial charge on any atom is 0.133 e. The van der Waals surface area contributed by atoms with E-state index < -0.39 is 10.7 Å². The van der Waals surface area contributed by atoms with Crippen LogP contribution >= 0.6 is 18.5 Å². The minimum atomic E-state index is -0.726. The minimum Gasteiger partial charge on any atom is -0.342 e. The summed E-state index contributed by atoms with van der Waals surface area (Å²) in [7, 11) is 5.95. The SMILES string of the molecule is PC(OC(P)(c1ccccc1)c1ccccc1)(c1ccccc1)c1ccccc1. The summed E-state index contributed by atoms with van der Waals surface area (Å²) in [6.07, 6.45) is 0. The quantitative estimate of drug-likeness (QED) is 0.325. The molecule has 4 aromatic carbocycles. The van der Waals surface area contributed by atoms with Crippen molar-refractivity contribution in [3.8, 4) is 0 Å². The van der Waals surface area contributed by atoms with E-state index in [1.165, 1.54) is 0 Å². The molecule has 0 saturated carbocycles. The molecule has 0 amide bonds. The summed E-state index contributed by atoms with van der Waals surface area (Å²) in [5, 5.41) is -1.45. The highest BCUT2D eigenvalue weighted by Crippen LogP contribution is 2.51. The van der Waals surface area contributed by atoms with E-state index in [0.717, 1.165) is 22.3 Å². The Hall–Kier alpha value is -2.30. The van der Waals surface area contributed by atoms with Gasteiger partial charge in [0.1, 0.15) is 10.7 Å². The molecular formula is C26H24OP2. The summed E-state index contributed by atoms with van der Waals surface area (Å²) in [4.78, 5) is 0. The van der Waals surface area contributed by atoms with Gasteiger partial charge in [0.05, 0.1) is 0 Å². The van der Waals surface area contributed by atoms with Gasteiger partial charge in [-0.25, -0.2) is 0 Å². The maximum absolute atomic E-state index is 7.10. The third kappa shape index (κ3) is 4.05. The predicted molar refractivity (Wildman–Crippen MR) is 128 cm³/mol. The van der Waals surface area contributed by atoms with Crippen LogP contribution in [-0.2, 0) is 15.4 Å². The van der Waals surface area contributed by atoms with Gasteiger partial charge in [0.2, 0.25) is 0 Å². The second kappa shape index (κ2) is 8.60. The Balaban J connectivity index is 1.91. The molecule has 0 saturated heterocycles. The zero-order valence-electron chi connectivity index (χ0n) is 16.1. The molecule has 1 nitrogen and oxygen atoms in total. The van der Waals surface area contributed by atoms with Gasteiger partial charge in [-0.15, -0.1) is 0 Å². The van der Waals surface area contributed by atoms with Gasteiger partial charge in [-0.05, 0) is 22.3 Å². The number of rotatable bonds is 6. The van der Waals surface area contributed by atoms with E-state index in [1.807, 2.05) is 24.3 Å². The summed E-state index contributed by atoms with van der Waals surface area (Å²) in [6, 6.07) is 41.4. The standard InChI is InChI=1S/C26H24OP2/c28-25(21-13-5-1-6-14-21,22-15-7-2-8-16-22)27-26(29,23-17-9-3-10-18-23)24-19-11-4-12-20-24/h1-20H,28-29H2. The van der Waals surface area contributed by atoms with E-state index in [2.05, 4.69) is 116 Å². The molecule has 4 aromatic rings. The fourth-order valence-electron chi connectivity index (χ4n) is 3.57. The van der Waals surface area contributed by atoms with Crippen LogP contribution in [0.3, 0.4) is 0 Å². The largest absolute Gasteiger partial charge is 0.342 e. The zero-order chi connectivity index (χ0) is 20.2. The molecule has 2 atom stereocenters. The van der Waals surface area contributed by atoms with Crippen LogP contribution in [0.25, 0.3) is 0 Å². The molecule has 3 heteroatoms. The van der Waals surface area contributed by atoms with Crippen molar-refractivity contribution in [3.63, 3.8) is 0 Å². The first kappa shape index (κ1) is 20.0. The summed E-state index contributed by atoms with van der Waals surface area (Å²) < 4.78 is 7.10. The van der Waals surface area contributed by atoms with Gasteiger partial charge < -0.3 is 4.74 Å². The average molecular weight is 414 g/mol. The van der Waals surface area contributed by atoms with Gasteiger partial charge in [-0.1, -0.05) is 140 Å². The van der Waals surface area contributed by atoms with Crippen LogP contribution < -0.4 is 0 Å². The number of ether oxygens (including phenoxy) is 1. The van der Waals surface area contributed by atoms with Crippen molar-refractivity contribution in [3.05, 3.63) is 144 Å². The highest BCUT2D eigenvalue weighted by Gasteiger charge is 2.41. The topological polar surface area (TPSA) is 9.23 Å². The zero-order valence-corrected chi connectivity index (χ0v) is 18.4. The van der Waals surface area contributed by atoms with Crippen molar-refractivity contribution in [1.29, 1.82) is 0 Å². The van der Waals surface area contributed by atoms with Gasteiger partial charge in [0, 0.05) is 0 Å². The molecule has 29 heavy (non-hydrogen) atoms. The van der Waals surface area contributed by atoms with Crippen molar-refractivity contribution in [2.75, 3.05) is 0 Å². The van der Waals surface area contributed by atoms with E-state index >= 15 is 0 Å². The van der Waals surface area contributed by atoms with Crippen LogP contribution in [0, 0.1) is 0 Å². The van der Waals surface area contributed by atoms with Gasteiger partial charge >= 0.3 is 0 Å². The average Bonchev–Trinajstić information content (AvgIpc) is 2.81. The lowest BCUT2D eigenvalue weighted by Gasteiger charge is -2.41. The van der Waals surface area contributed by atoms with E-state index in [1.54, 1.807) is 0 Å². The number of hydrogen-bond donors (Lipinski definition) is 0. The first-order valence-corrected chi connectivity index (χ1v) is 10.8. The highest BCUT2D eigenvalue weighted by atomic mass is 31.0. The molecule has 0 bridgehead atoms. The molecule has 0 N–H and O–H groups in total. The summed E-state index contributed by atoms with van der Waals surface area (Å²) >= 11 is 0. The Morgan fingerprint density at radius 2 is 0.586 bits per heavy atom. The Morgan fingerprint density at radius 1 is 0.379 bits per heavy atom. The Kier molecular flexibility index (Phi) is 5.93. The van der Waals surface area contributed by atoms with E-state index in [-0.39, 0.29) is 0 Å². The molecule has 0 aliphatic heterocycles. The summed E-state index contributed by atoms with van der Waals surface area (Å²) in [5.41, 5.74) is 4.31. The number of benzene rings is 4. The van der Waals surface area contributed by atoms with Gasteiger partial charge in [-0.3, -0.25) is 0 Å². The predicted octanol–water partition coefficient (Wildman–Crippen LogP) is 6.56. The lowest BCUT2D eigenvalue weighted by molar-refractivity contribution is -0.0197. The molecular weight excluding hydrogens is 390 g/mol. The smallest absolute Gasteiger partial charge is 0.133 e. The first-order chi connectivity index (χ1) is 14.1. The first-order valence-electron chi connectivity index (χ1n) is 9.63. The summed E-state index contributed by atoms with van der Waals surface area (Å²) in [6.45, 7) is 0. The molecule has 0 aliphatic carbocycles. The van der Waals surface area contributed by atoms with E-state index in [4.69, 9.17) is 4.74 Å². The molecule has 4 rings (SSSR count). The fraction of sp³-hybridized carbons (Fsp3) is 0.0769. The lowest BCUT2D eigenvalue weighted by Crippen LogP contribution is -2.35. The Labute approximate surface area is 177 Å². The summed E-state index contributed by atoms with van der Waals surface area (Å²) in [5.74, 6) is 0. The molecule has 2 unspecified atom stereocenters. The molecule has 0 fully saturated rings. The maximum atomic E-state index is 7.10. The third-order valence-electron chi connectivity index (χ3n) is 5.13. The number of hydrogen-bond acceptors (Lipinski definition) is 1. The van der Waals surface area contributed by atoms with Crippen LogP contribution in [0.2, 0.25) is 0 Å². The normalized spacial score (nSPS) is 11.9. The van der Waals surface area contributed by atoms with Crippen molar-refractivity contribution >= 4 is 18.5 Å². The van der Waals surface area contributed by atoms with Gasteiger partial charge in [0.25, 0.3) is 0 Å². The minimum absolute atomic E-state index is 0.726. The molecule has 144 valence electrons. The third-order valence-corrected chi connectivity index (χ3v) is 6.70. The molecule has 0 aromatic heterocycles. The van der Waals surface area contributed by atoms with Crippen molar-refractivity contribution < 1.29 is 4.74 Å². The van der Waals surface area contributed by atoms with Crippen LogP contribution in [0.1, 0.15) is 22.3 Å². The Morgan fingerprint density at radius 3 is 0.793 bits per heavy atom. The van der Waals surface area contributed by atoms with Gasteiger partial charge in [0.15, 0.2) is 0 Å². The van der Waals surface area contributed by atoms with Crippen molar-refractivity contribution in [1.82, 2.24) is 0 Å². The fourth-order valence-corrected chi connectivity index (χ4v) is 4.84. The van der Waals surface area contributed by atoms with E-state index in [9.17, 15) is 0 Å². The van der Waals surface area contributed by atoms with Crippen molar-refractivity contribution in [2.24, 2.45) is 0 Å². The van der Waals surface area contributed by atoms with Gasteiger partial charge in [-0.2, -0.15) is 0 Å². The van der Waals surface area contributed by atoms with Crippen LogP contribution in [0.15, 0.2) is 121 Å². The monoisotopic (exact) mass is 414 g/mol. The molecule has 0 aliphatic rings. The molecule has 0 spiro atoms. The van der Waals surface area contributed by atoms with E-state index in [0.29, 0.717) is 0 Å². The highest BCUT2D eigenvalue weighted by molar-refractivity contribution is 7.19. The molecule has 0 heterocycles. The van der Waals surface area contributed by atoms with Crippen LogP contribution in [0.4, 0.5) is 0 Å². The molecule has 0 radical (unpaired) electrons. The van der Waals surface area contributed by atoms with Crippen LogP contribution in [-0.4, -0.2) is 0 Å². The second-order valence-corrected chi connectivity index (χ2v) is 8.66. The second-order valence-electron chi connectivity index (χ2n) is 7.04.